The summed E-state index contributed by atoms with van der Waals surface area (Å²) in [5.74, 6) is 0. The van der Waals surface area contributed by atoms with Crippen molar-refractivity contribution in [2.75, 3.05) is 13.2 Å². The molecule has 0 aliphatic carbocycles. The maximum absolute atomic E-state index is 10.3. The molecule has 0 radical (unpaired) electrons. The molecule has 0 aromatic heterocycles. The average molecular weight is 422 g/mol. The Morgan fingerprint density at radius 3 is 2.00 bits per heavy atom. The highest BCUT2D eigenvalue weighted by molar-refractivity contribution is 7.80. The highest BCUT2D eigenvalue weighted by Crippen LogP contribution is 2.16. The van der Waals surface area contributed by atoms with E-state index in [4.69, 9.17) is 39.9 Å². The standard InChI is InChI=1S/C6H12O9S.C6H10O5/c7-1-3(9)5(11)6(4(10)2-8)15-16(12,13)14;7-1-3(8)6-5(10)4(9)2-11-6/h1,3-6,8-11H,2H2,(H,12,13,14);1,3-6,8-10H,2H2/t3-,4+,5+,6-;3-,4+,5-,6+/m00/s1. The molecule has 0 aromatic rings. The molecule has 1 aliphatic heterocycles. The van der Waals surface area contributed by atoms with Gasteiger partial charge in [0.15, 0.2) is 12.6 Å². The lowest BCUT2D eigenvalue weighted by molar-refractivity contribution is -0.133. The third-order valence-electron chi connectivity index (χ3n) is 3.29. The van der Waals surface area contributed by atoms with E-state index in [0.717, 1.165) is 0 Å². The Bertz CT molecular complexity index is 552. The molecule has 1 fully saturated rings. The Kier molecular flexibility index (Phi) is 11.2. The first kappa shape index (κ1) is 25.9. The number of rotatable bonds is 9. The third kappa shape index (κ3) is 8.62. The van der Waals surface area contributed by atoms with Gasteiger partial charge in [-0.3, -0.25) is 4.55 Å². The highest BCUT2D eigenvalue weighted by atomic mass is 32.3. The maximum atomic E-state index is 10.3. The van der Waals surface area contributed by atoms with E-state index in [-0.39, 0.29) is 19.2 Å². The van der Waals surface area contributed by atoms with Gasteiger partial charge in [0, 0.05) is 0 Å². The predicted molar refractivity (Wildman–Crippen MR) is 81.4 cm³/mol. The average Bonchev–Trinajstić information content (AvgIpc) is 2.95. The van der Waals surface area contributed by atoms with Crippen LogP contribution in [0.5, 0.6) is 0 Å². The van der Waals surface area contributed by atoms with Gasteiger partial charge < -0.3 is 50.1 Å². The number of carbonyl (C=O) groups is 2. The lowest BCUT2D eigenvalue weighted by atomic mass is 10.0. The summed E-state index contributed by atoms with van der Waals surface area (Å²) in [6.07, 6.45) is -12.5. The van der Waals surface area contributed by atoms with E-state index >= 15 is 0 Å². The van der Waals surface area contributed by atoms with Crippen LogP contribution in [0.15, 0.2) is 0 Å². The van der Waals surface area contributed by atoms with Gasteiger partial charge in [0.2, 0.25) is 0 Å². The van der Waals surface area contributed by atoms with Gasteiger partial charge in [-0.15, -0.1) is 0 Å². The first-order chi connectivity index (χ1) is 12.4. The second-order valence-corrected chi connectivity index (χ2v) is 6.39. The fourth-order valence-corrected chi connectivity index (χ4v) is 2.39. The molecule has 27 heavy (non-hydrogen) atoms. The van der Waals surface area contributed by atoms with Gasteiger partial charge in [-0.1, -0.05) is 0 Å². The van der Waals surface area contributed by atoms with Gasteiger partial charge in [-0.25, -0.2) is 4.18 Å². The van der Waals surface area contributed by atoms with E-state index in [2.05, 4.69) is 4.18 Å². The molecule has 1 rings (SSSR count). The molecule has 0 aromatic carbocycles. The largest absolute Gasteiger partial charge is 0.397 e. The molecule has 0 bridgehead atoms. The van der Waals surface area contributed by atoms with Crippen molar-refractivity contribution < 1.29 is 67.2 Å². The molecule has 1 aliphatic rings. The lowest BCUT2D eigenvalue weighted by Gasteiger charge is -2.25. The summed E-state index contributed by atoms with van der Waals surface area (Å²) in [7, 11) is -5.02. The van der Waals surface area contributed by atoms with E-state index in [1.165, 1.54) is 0 Å². The summed E-state index contributed by atoms with van der Waals surface area (Å²) in [5.41, 5.74) is 0. The number of aldehydes is 2. The van der Waals surface area contributed by atoms with Crippen LogP contribution in [0, 0.1) is 0 Å². The molecule has 8 N–H and O–H groups in total. The van der Waals surface area contributed by atoms with Gasteiger partial charge in [-0.05, 0) is 0 Å². The summed E-state index contributed by atoms with van der Waals surface area (Å²) in [6, 6.07) is 0. The second-order valence-electron chi connectivity index (χ2n) is 5.34. The van der Waals surface area contributed by atoms with Crippen LogP contribution in [-0.4, -0.2) is 123 Å². The van der Waals surface area contributed by atoms with Gasteiger partial charge in [0.1, 0.15) is 48.8 Å². The number of hydrogen-bond acceptors (Lipinski definition) is 13. The summed E-state index contributed by atoms with van der Waals surface area (Å²) in [5, 5.41) is 62.5. The van der Waals surface area contributed by atoms with E-state index in [1.807, 2.05) is 0 Å². The molecule has 1 saturated heterocycles. The van der Waals surface area contributed by atoms with Crippen LogP contribution in [0.1, 0.15) is 0 Å². The zero-order valence-corrected chi connectivity index (χ0v) is 14.4. The van der Waals surface area contributed by atoms with Gasteiger partial charge in [-0.2, -0.15) is 8.42 Å². The summed E-state index contributed by atoms with van der Waals surface area (Å²) in [6.45, 7) is -1.06. The smallest absolute Gasteiger partial charge is 0.394 e. The molecule has 14 nitrogen and oxygen atoms in total. The van der Waals surface area contributed by atoms with Crippen LogP contribution < -0.4 is 0 Å². The van der Waals surface area contributed by atoms with Crippen molar-refractivity contribution in [2.45, 2.75) is 48.8 Å². The molecule has 8 atom stereocenters. The number of aliphatic hydroxyl groups is 7. The zero-order valence-electron chi connectivity index (χ0n) is 13.6. The number of carbonyl (C=O) groups excluding carboxylic acids is 2. The van der Waals surface area contributed by atoms with Crippen LogP contribution in [0.25, 0.3) is 0 Å². The quantitative estimate of drug-likeness (QED) is 0.127. The van der Waals surface area contributed by atoms with E-state index < -0.39 is 65.8 Å². The fraction of sp³-hybridized carbons (Fsp3) is 0.833. The van der Waals surface area contributed by atoms with E-state index in [9.17, 15) is 23.1 Å². The molecule has 15 heteroatoms. The second kappa shape index (κ2) is 11.7. The normalized spacial score (nSPS) is 28.2. The third-order valence-corrected chi connectivity index (χ3v) is 3.76. The van der Waals surface area contributed by atoms with Crippen LogP contribution in [0.3, 0.4) is 0 Å². The molecular formula is C12H22O14S. The van der Waals surface area contributed by atoms with Crippen LogP contribution in [0.4, 0.5) is 0 Å². The first-order valence-corrected chi connectivity index (χ1v) is 8.63. The molecule has 0 amide bonds. The monoisotopic (exact) mass is 422 g/mol. The minimum atomic E-state index is -5.02. The predicted octanol–water partition coefficient (Wildman–Crippen LogP) is -5.88. The Morgan fingerprint density at radius 2 is 1.67 bits per heavy atom. The summed E-state index contributed by atoms with van der Waals surface area (Å²) >= 11 is 0. The fourth-order valence-electron chi connectivity index (χ4n) is 1.87. The zero-order chi connectivity index (χ0) is 21.4. The Balaban J connectivity index is 0.000000533. The Morgan fingerprint density at radius 1 is 1.11 bits per heavy atom. The Hall–Kier alpha value is -1.11. The van der Waals surface area contributed by atoms with Crippen molar-refractivity contribution in [2.24, 2.45) is 0 Å². The summed E-state index contributed by atoms with van der Waals surface area (Å²) in [4.78, 5) is 20.1. The van der Waals surface area contributed by atoms with Crippen molar-refractivity contribution in [3.63, 3.8) is 0 Å². The van der Waals surface area contributed by atoms with E-state index in [0.29, 0.717) is 0 Å². The highest BCUT2D eigenvalue weighted by Gasteiger charge is 2.39. The van der Waals surface area contributed by atoms with Crippen molar-refractivity contribution in [1.82, 2.24) is 0 Å². The molecule has 0 saturated carbocycles. The number of aliphatic hydroxyl groups excluding tert-OH is 7. The molecule has 1 heterocycles. The number of ether oxygens (including phenoxy) is 1. The lowest BCUT2D eigenvalue weighted by Crippen LogP contribution is -2.48. The van der Waals surface area contributed by atoms with Gasteiger partial charge in [0.25, 0.3) is 0 Å². The van der Waals surface area contributed by atoms with Crippen LogP contribution in [-0.2, 0) is 28.9 Å². The maximum Gasteiger partial charge on any atom is 0.397 e. The topological polar surface area (TPSA) is 249 Å². The van der Waals surface area contributed by atoms with Gasteiger partial charge >= 0.3 is 10.4 Å². The molecule has 160 valence electrons. The summed E-state index contributed by atoms with van der Waals surface area (Å²) < 4.78 is 37.6. The van der Waals surface area contributed by atoms with Gasteiger partial charge in [0.05, 0.1) is 13.2 Å². The van der Waals surface area contributed by atoms with E-state index in [1.54, 1.807) is 0 Å². The Labute approximate surface area is 153 Å². The molecule has 0 spiro atoms. The molecular weight excluding hydrogens is 400 g/mol. The van der Waals surface area contributed by atoms with Crippen molar-refractivity contribution >= 4 is 23.0 Å². The van der Waals surface area contributed by atoms with Crippen molar-refractivity contribution in [1.29, 1.82) is 0 Å². The SMILES string of the molecule is O=C[C@H](O)[C@@H](O)[C@@H](OS(=O)(=O)O)[C@H](O)CO.O=C[C@H](O)[C@H]1OC[C@@H](O)[C@@H]1O. The van der Waals surface area contributed by atoms with Crippen molar-refractivity contribution in [3.05, 3.63) is 0 Å². The first-order valence-electron chi connectivity index (χ1n) is 7.26. The van der Waals surface area contributed by atoms with Crippen LogP contribution in [0.2, 0.25) is 0 Å². The van der Waals surface area contributed by atoms with Crippen LogP contribution >= 0.6 is 0 Å². The molecule has 0 unspecified atom stereocenters. The van der Waals surface area contributed by atoms with Crippen molar-refractivity contribution in [3.8, 4) is 0 Å². The number of hydrogen-bond donors (Lipinski definition) is 8. The minimum Gasteiger partial charge on any atom is -0.394 e. The minimum absolute atomic E-state index is 0.0449.